The van der Waals surface area contributed by atoms with Gasteiger partial charge in [0.1, 0.15) is 6.29 Å². The molecule has 1 atom stereocenters. The Morgan fingerprint density at radius 2 is 2.15 bits per heavy atom. The molecule has 0 aliphatic heterocycles. The topological polar surface area (TPSA) is 26.3 Å². The number of carbonyl (C=O) groups excluding carboxylic acids is 1. The molecule has 0 fully saturated rings. The SMILES string of the molecule is CCCCC(CC)COCCC=O. The van der Waals surface area contributed by atoms with E-state index in [1.54, 1.807) is 0 Å². The quantitative estimate of drug-likeness (QED) is 0.409. The van der Waals surface area contributed by atoms with Crippen molar-refractivity contribution in [3.63, 3.8) is 0 Å². The van der Waals surface area contributed by atoms with Crippen molar-refractivity contribution in [2.75, 3.05) is 13.2 Å². The fourth-order valence-electron chi connectivity index (χ4n) is 1.28. The van der Waals surface area contributed by atoms with Crippen molar-refractivity contribution in [2.24, 2.45) is 5.92 Å². The second kappa shape index (κ2) is 9.72. The molecule has 0 aliphatic rings. The van der Waals surface area contributed by atoms with Crippen LogP contribution in [-0.2, 0) is 9.53 Å². The van der Waals surface area contributed by atoms with Crippen LogP contribution in [0, 0.1) is 5.92 Å². The smallest absolute Gasteiger partial charge is 0.122 e. The third-order valence-corrected chi connectivity index (χ3v) is 2.28. The summed E-state index contributed by atoms with van der Waals surface area (Å²) in [5.41, 5.74) is 0. The summed E-state index contributed by atoms with van der Waals surface area (Å²) in [5.74, 6) is 0.687. The monoisotopic (exact) mass is 186 g/mol. The van der Waals surface area contributed by atoms with E-state index in [2.05, 4.69) is 13.8 Å². The lowest BCUT2D eigenvalue weighted by Gasteiger charge is -2.13. The molecule has 0 bridgehead atoms. The predicted molar refractivity (Wildman–Crippen MR) is 54.8 cm³/mol. The van der Waals surface area contributed by atoms with Gasteiger partial charge in [-0.05, 0) is 12.3 Å². The largest absolute Gasteiger partial charge is 0.381 e. The summed E-state index contributed by atoms with van der Waals surface area (Å²) < 4.78 is 5.39. The Balaban J connectivity index is 3.30. The number of hydrogen-bond acceptors (Lipinski definition) is 2. The Morgan fingerprint density at radius 3 is 2.69 bits per heavy atom. The summed E-state index contributed by atoms with van der Waals surface area (Å²) >= 11 is 0. The molecule has 0 aliphatic carbocycles. The van der Waals surface area contributed by atoms with Crippen molar-refractivity contribution in [1.82, 2.24) is 0 Å². The fourth-order valence-corrected chi connectivity index (χ4v) is 1.28. The first-order chi connectivity index (χ1) is 6.35. The average Bonchev–Trinajstić information content (AvgIpc) is 2.17. The summed E-state index contributed by atoms with van der Waals surface area (Å²) in [5, 5.41) is 0. The minimum Gasteiger partial charge on any atom is -0.381 e. The maximum atomic E-state index is 10.0. The molecular formula is C11H22O2. The van der Waals surface area contributed by atoms with E-state index < -0.39 is 0 Å². The van der Waals surface area contributed by atoms with Crippen LogP contribution in [0.3, 0.4) is 0 Å². The standard InChI is InChI=1S/C11H22O2/c1-3-5-7-11(4-2)10-13-9-6-8-12/h8,11H,3-7,9-10H2,1-2H3. The molecule has 0 spiro atoms. The molecule has 0 saturated carbocycles. The number of unbranched alkanes of at least 4 members (excludes halogenated alkanes) is 1. The van der Waals surface area contributed by atoms with Gasteiger partial charge in [0.25, 0.3) is 0 Å². The highest BCUT2D eigenvalue weighted by Gasteiger charge is 2.04. The Labute approximate surface area is 81.7 Å². The van der Waals surface area contributed by atoms with Gasteiger partial charge < -0.3 is 9.53 Å². The molecule has 13 heavy (non-hydrogen) atoms. The van der Waals surface area contributed by atoms with Crippen molar-refractivity contribution in [2.45, 2.75) is 46.0 Å². The average molecular weight is 186 g/mol. The van der Waals surface area contributed by atoms with Crippen molar-refractivity contribution in [3.05, 3.63) is 0 Å². The van der Waals surface area contributed by atoms with Crippen LogP contribution >= 0.6 is 0 Å². The van der Waals surface area contributed by atoms with Gasteiger partial charge in [-0.1, -0.05) is 33.1 Å². The van der Waals surface area contributed by atoms with Crippen LogP contribution in [0.25, 0.3) is 0 Å². The predicted octanol–water partition coefficient (Wildman–Crippen LogP) is 2.81. The summed E-state index contributed by atoms with van der Waals surface area (Å²) in [6, 6.07) is 0. The van der Waals surface area contributed by atoms with Gasteiger partial charge in [0.15, 0.2) is 0 Å². The lowest BCUT2D eigenvalue weighted by atomic mass is 10.0. The fraction of sp³-hybridized carbons (Fsp3) is 0.909. The first-order valence-corrected chi connectivity index (χ1v) is 5.36. The number of rotatable bonds is 9. The molecule has 2 heteroatoms. The molecule has 0 saturated heterocycles. The van der Waals surface area contributed by atoms with Crippen LogP contribution in [0.2, 0.25) is 0 Å². The van der Waals surface area contributed by atoms with Crippen LogP contribution in [0.1, 0.15) is 46.0 Å². The van der Waals surface area contributed by atoms with E-state index >= 15 is 0 Å². The van der Waals surface area contributed by atoms with Gasteiger partial charge in [0.2, 0.25) is 0 Å². The Hall–Kier alpha value is -0.370. The van der Waals surface area contributed by atoms with Crippen molar-refractivity contribution in [1.29, 1.82) is 0 Å². The summed E-state index contributed by atoms with van der Waals surface area (Å²) in [6.45, 7) is 5.82. The molecule has 0 heterocycles. The highest BCUT2D eigenvalue weighted by atomic mass is 16.5. The van der Waals surface area contributed by atoms with E-state index in [4.69, 9.17) is 4.74 Å². The van der Waals surface area contributed by atoms with Crippen molar-refractivity contribution in [3.8, 4) is 0 Å². The molecule has 0 amide bonds. The zero-order valence-electron chi connectivity index (χ0n) is 8.92. The molecule has 0 aromatic carbocycles. The number of aldehydes is 1. The summed E-state index contributed by atoms with van der Waals surface area (Å²) in [7, 11) is 0. The van der Waals surface area contributed by atoms with Gasteiger partial charge in [-0.15, -0.1) is 0 Å². The van der Waals surface area contributed by atoms with E-state index in [9.17, 15) is 4.79 Å². The van der Waals surface area contributed by atoms with Gasteiger partial charge in [0.05, 0.1) is 6.61 Å². The molecule has 0 N–H and O–H groups in total. The summed E-state index contributed by atoms with van der Waals surface area (Å²) in [4.78, 5) is 10.0. The maximum Gasteiger partial charge on any atom is 0.122 e. The van der Waals surface area contributed by atoms with Crippen LogP contribution in [0.4, 0.5) is 0 Å². The number of hydrogen-bond donors (Lipinski definition) is 0. The molecule has 78 valence electrons. The van der Waals surface area contributed by atoms with Crippen molar-refractivity contribution < 1.29 is 9.53 Å². The van der Waals surface area contributed by atoms with Crippen molar-refractivity contribution >= 4 is 6.29 Å². The molecule has 0 aromatic rings. The van der Waals surface area contributed by atoms with Gasteiger partial charge in [0, 0.05) is 13.0 Å². The first-order valence-electron chi connectivity index (χ1n) is 5.36. The lowest BCUT2D eigenvalue weighted by Crippen LogP contribution is -2.09. The molecule has 0 aromatic heterocycles. The van der Waals surface area contributed by atoms with E-state index in [-0.39, 0.29) is 0 Å². The van der Waals surface area contributed by atoms with Crippen LogP contribution in [-0.4, -0.2) is 19.5 Å². The number of carbonyl (C=O) groups is 1. The summed E-state index contributed by atoms with van der Waals surface area (Å²) in [6.07, 6.45) is 6.42. The van der Waals surface area contributed by atoms with Crippen LogP contribution in [0.15, 0.2) is 0 Å². The minimum absolute atomic E-state index is 0.532. The Kier molecular flexibility index (Phi) is 9.44. The zero-order valence-corrected chi connectivity index (χ0v) is 8.92. The first kappa shape index (κ1) is 12.6. The second-order valence-corrected chi connectivity index (χ2v) is 3.45. The third-order valence-electron chi connectivity index (χ3n) is 2.28. The zero-order chi connectivity index (χ0) is 9.94. The van der Waals surface area contributed by atoms with E-state index in [1.165, 1.54) is 25.7 Å². The van der Waals surface area contributed by atoms with Gasteiger partial charge >= 0.3 is 0 Å². The Morgan fingerprint density at radius 1 is 1.38 bits per heavy atom. The molecular weight excluding hydrogens is 164 g/mol. The van der Waals surface area contributed by atoms with E-state index in [0.29, 0.717) is 18.9 Å². The molecule has 2 nitrogen and oxygen atoms in total. The highest BCUT2D eigenvalue weighted by Crippen LogP contribution is 2.12. The van der Waals surface area contributed by atoms with E-state index in [0.717, 1.165) is 12.9 Å². The Bertz CT molecular complexity index is 113. The number of ether oxygens (including phenoxy) is 1. The van der Waals surface area contributed by atoms with Gasteiger partial charge in [-0.25, -0.2) is 0 Å². The molecule has 0 rings (SSSR count). The van der Waals surface area contributed by atoms with Crippen LogP contribution in [0.5, 0.6) is 0 Å². The van der Waals surface area contributed by atoms with Gasteiger partial charge in [-0.3, -0.25) is 0 Å². The lowest BCUT2D eigenvalue weighted by molar-refractivity contribution is -0.108. The van der Waals surface area contributed by atoms with Gasteiger partial charge in [-0.2, -0.15) is 0 Å². The minimum atomic E-state index is 0.532. The highest BCUT2D eigenvalue weighted by molar-refractivity contribution is 5.49. The second-order valence-electron chi connectivity index (χ2n) is 3.45. The molecule has 1 unspecified atom stereocenters. The maximum absolute atomic E-state index is 10.0. The van der Waals surface area contributed by atoms with Crippen LogP contribution < -0.4 is 0 Å². The molecule has 0 radical (unpaired) electrons. The third kappa shape index (κ3) is 7.97. The normalized spacial score (nSPS) is 12.8. The van der Waals surface area contributed by atoms with E-state index in [1.807, 2.05) is 0 Å².